The number of rotatable bonds is 6. The molecule has 0 aliphatic heterocycles. The van der Waals surface area contributed by atoms with Crippen molar-refractivity contribution in [2.45, 2.75) is 19.3 Å². The van der Waals surface area contributed by atoms with Crippen LogP contribution in [0.2, 0.25) is 0 Å². The number of nitrogens with one attached hydrogen (secondary N) is 1. The first-order chi connectivity index (χ1) is 8.56. The molecule has 0 aliphatic rings. The number of non-ortho nitro benzene ring substituents is 1. The standard InChI is InChI=1S/C12H12F2N2O2/c1-2-3-4-5-6-15-12-10(13)7-9(16(17)18)8-11(12)14/h1,7-8,15H,3-6H2. The molecule has 1 N–H and O–H groups in total. The second kappa shape index (κ2) is 6.55. The van der Waals surface area contributed by atoms with Gasteiger partial charge in [-0.05, 0) is 12.8 Å². The Balaban J connectivity index is 2.67. The van der Waals surface area contributed by atoms with Gasteiger partial charge in [0.05, 0.1) is 17.1 Å². The molecule has 0 radical (unpaired) electrons. The molecule has 0 heterocycles. The predicted molar refractivity (Wildman–Crippen MR) is 64.2 cm³/mol. The van der Waals surface area contributed by atoms with Crippen molar-refractivity contribution < 1.29 is 13.7 Å². The van der Waals surface area contributed by atoms with Gasteiger partial charge in [0.25, 0.3) is 5.69 Å². The van der Waals surface area contributed by atoms with Gasteiger partial charge in [-0.2, -0.15) is 0 Å². The lowest BCUT2D eigenvalue weighted by Gasteiger charge is -2.08. The van der Waals surface area contributed by atoms with E-state index in [-0.39, 0.29) is 5.69 Å². The normalized spacial score (nSPS) is 9.83. The average molecular weight is 254 g/mol. The summed E-state index contributed by atoms with van der Waals surface area (Å²) in [6.45, 7) is 0.354. The zero-order valence-corrected chi connectivity index (χ0v) is 9.58. The molecular formula is C12H12F2N2O2. The van der Waals surface area contributed by atoms with Crippen molar-refractivity contribution >= 4 is 11.4 Å². The summed E-state index contributed by atoms with van der Waals surface area (Å²) in [5, 5.41) is 12.9. The van der Waals surface area contributed by atoms with Crippen molar-refractivity contribution in [1.29, 1.82) is 0 Å². The Bertz CT molecular complexity index is 460. The van der Waals surface area contributed by atoms with Gasteiger partial charge in [-0.3, -0.25) is 10.1 Å². The Hall–Kier alpha value is -2.16. The van der Waals surface area contributed by atoms with E-state index in [1.807, 2.05) is 0 Å². The Morgan fingerprint density at radius 2 is 1.94 bits per heavy atom. The fourth-order valence-electron chi connectivity index (χ4n) is 1.40. The molecule has 96 valence electrons. The number of nitro groups is 1. The third-order valence-electron chi connectivity index (χ3n) is 2.29. The monoisotopic (exact) mass is 254 g/mol. The third kappa shape index (κ3) is 3.70. The maximum absolute atomic E-state index is 13.4. The molecule has 0 fully saturated rings. The molecule has 0 aromatic heterocycles. The first kappa shape index (κ1) is 13.9. The van der Waals surface area contributed by atoms with Crippen LogP contribution < -0.4 is 5.32 Å². The van der Waals surface area contributed by atoms with Crippen molar-refractivity contribution in [2.75, 3.05) is 11.9 Å². The van der Waals surface area contributed by atoms with Gasteiger partial charge in [0.15, 0.2) is 11.6 Å². The van der Waals surface area contributed by atoms with Gasteiger partial charge in [-0.25, -0.2) is 8.78 Å². The predicted octanol–water partition coefficient (Wildman–Crippen LogP) is 3.09. The lowest BCUT2D eigenvalue weighted by atomic mass is 10.2. The van der Waals surface area contributed by atoms with E-state index in [1.54, 1.807) is 0 Å². The quantitative estimate of drug-likeness (QED) is 0.367. The minimum atomic E-state index is -0.973. The fraction of sp³-hybridized carbons (Fsp3) is 0.333. The second-order valence-corrected chi connectivity index (χ2v) is 3.63. The van der Waals surface area contributed by atoms with E-state index in [0.717, 1.165) is 6.42 Å². The molecule has 1 rings (SSSR count). The number of unbranched alkanes of at least 4 members (excludes halogenated alkanes) is 2. The molecule has 18 heavy (non-hydrogen) atoms. The molecule has 0 saturated carbocycles. The van der Waals surface area contributed by atoms with Crippen molar-refractivity contribution in [1.82, 2.24) is 0 Å². The number of nitrogens with zero attached hydrogens (tertiary/aromatic N) is 1. The largest absolute Gasteiger partial charge is 0.380 e. The van der Waals surface area contributed by atoms with E-state index in [9.17, 15) is 18.9 Å². The number of nitro benzene ring substituents is 1. The summed E-state index contributed by atoms with van der Waals surface area (Å²) in [5.74, 6) is 0.511. The van der Waals surface area contributed by atoms with Crippen LogP contribution in [0.5, 0.6) is 0 Å². The van der Waals surface area contributed by atoms with E-state index in [1.165, 1.54) is 0 Å². The number of halogens is 2. The van der Waals surface area contributed by atoms with E-state index in [2.05, 4.69) is 11.2 Å². The van der Waals surface area contributed by atoms with Gasteiger partial charge < -0.3 is 5.32 Å². The molecule has 1 aromatic rings. The maximum Gasteiger partial charge on any atom is 0.275 e. The number of anilines is 1. The van der Waals surface area contributed by atoms with Crippen LogP contribution in [0, 0.1) is 34.1 Å². The highest BCUT2D eigenvalue weighted by molar-refractivity contribution is 5.51. The first-order valence-corrected chi connectivity index (χ1v) is 5.37. The van der Waals surface area contributed by atoms with Gasteiger partial charge in [0.1, 0.15) is 5.69 Å². The van der Waals surface area contributed by atoms with Gasteiger partial charge in [-0.1, -0.05) is 0 Å². The molecule has 0 amide bonds. The van der Waals surface area contributed by atoms with Crippen molar-refractivity contribution in [3.05, 3.63) is 33.9 Å². The summed E-state index contributed by atoms with van der Waals surface area (Å²) >= 11 is 0. The van der Waals surface area contributed by atoms with Crippen LogP contribution in [0.4, 0.5) is 20.2 Å². The maximum atomic E-state index is 13.4. The summed E-state index contributed by atoms with van der Waals surface area (Å²) in [4.78, 5) is 9.54. The van der Waals surface area contributed by atoms with E-state index in [4.69, 9.17) is 6.42 Å². The van der Waals surface area contributed by atoms with Crippen LogP contribution in [-0.2, 0) is 0 Å². The van der Waals surface area contributed by atoms with Crippen molar-refractivity contribution in [2.24, 2.45) is 0 Å². The summed E-state index contributed by atoms with van der Waals surface area (Å²) in [7, 11) is 0. The number of benzene rings is 1. The molecular weight excluding hydrogens is 242 g/mol. The van der Waals surface area contributed by atoms with Gasteiger partial charge in [0.2, 0.25) is 0 Å². The second-order valence-electron chi connectivity index (χ2n) is 3.63. The SMILES string of the molecule is C#CCCCCNc1c(F)cc([N+](=O)[O-])cc1F. The molecule has 1 aromatic carbocycles. The third-order valence-corrected chi connectivity index (χ3v) is 2.29. The summed E-state index contributed by atoms with van der Waals surface area (Å²) in [6, 6.07) is 1.37. The molecule has 6 heteroatoms. The van der Waals surface area contributed by atoms with Crippen LogP contribution in [0.25, 0.3) is 0 Å². The number of hydrogen-bond acceptors (Lipinski definition) is 3. The first-order valence-electron chi connectivity index (χ1n) is 5.37. The Labute approximate surface area is 103 Å². The topological polar surface area (TPSA) is 55.2 Å². The Morgan fingerprint density at radius 1 is 1.33 bits per heavy atom. The molecule has 0 atom stereocenters. The summed E-state index contributed by atoms with van der Waals surface area (Å²) < 4.78 is 26.8. The summed E-state index contributed by atoms with van der Waals surface area (Å²) in [5.41, 5.74) is -0.954. The van der Waals surface area contributed by atoms with Gasteiger partial charge in [-0.15, -0.1) is 12.3 Å². The minimum absolute atomic E-state index is 0.346. The molecule has 4 nitrogen and oxygen atoms in total. The van der Waals surface area contributed by atoms with E-state index >= 15 is 0 Å². The lowest BCUT2D eigenvalue weighted by Crippen LogP contribution is -2.06. The van der Waals surface area contributed by atoms with E-state index in [0.29, 0.717) is 31.5 Å². The van der Waals surface area contributed by atoms with Gasteiger partial charge in [0, 0.05) is 13.0 Å². The summed E-state index contributed by atoms with van der Waals surface area (Å²) in [6.07, 6.45) is 7.08. The Kier molecular flexibility index (Phi) is 5.06. The molecule has 0 unspecified atom stereocenters. The average Bonchev–Trinajstić information content (AvgIpc) is 2.31. The molecule has 0 bridgehead atoms. The van der Waals surface area contributed by atoms with Crippen LogP contribution in [0.1, 0.15) is 19.3 Å². The molecule has 0 aliphatic carbocycles. The highest BCUT2D eigenvalue weighted by atomic mass is 19.1. The fourth-order valence-corrected chi connectivity index (χ4v) is 1.40. The van der Waals surface area contributed by atoms with Crippen LogP contribution in [0.15, 0.2) is 12.1 Å². The zero-order chi connectivity index (χ0) is 13.5. The van der Waals surface area contributed by atoms with Crippen LogP contribution in [-0.4, -0.2) is 11.5 Å². The highest BCUT2D eigenvalue weighted by Gasteiger charge is 2.16. The highest BCUT2D eigenvalue weighted by Crippen LogP contribution is 2.24. The smallest absolute Gasteiger partial charge is 0.275 e. The molecule has 0 spiro atoms. The minimum Gasteiger partial charge on any atom is -0.380 e. The van der Waals surface area contributed by atoms with Crippen molar-refractivity contribution in [3.63, 3.8) is 0 Å². The number of terminal acetylenes is 1. The number of hydrogen-bond donors (Lipinski definition) is 1. The Morgan fingerprint density at radius 3 is 2.44 bits per heavy atom. The van der Waals surface area contributed by atoms with Crippen LogP contribution in [0.3, 0.4) is 0 Å². The van der Waals surface area contributed by atoms with Crippen LogP contribution >= 0.6 is 0 Å². The zero-order valence-electron chi connectivity index (χ0n) is 9.58. The van der Waals surface area contributed by atoms with E-state index < -0.39 is 22.2 Å². The van der Waals surface area contributed by atoms with Gasteiger partial charge >= 0.3 is 0 Å². The lowest BCUT2D eigenvalue weighted by molar-refractivity contribution is -0.385. The molecule has 0 saturated heterocycles. The van der Waals surface area contributed by atoms with Crippen molar-refractivity contribution in [3.8, 4) is 12.3 Å².